The van der Waals surface area contributed by atoms with Crippen LogP contribution in [0.4, 0.5) is 26.3 Å². The Kier molecular flexibility index (Phi) is 7.54. The van der Waals surface area contributed by atoms with Crippen molar-refractivity contribution in [1.29, 1.82) is 0 Å². The third-order valence-electron chi connectivity index (χ3n) is 3.87. The van der Waals surface area contributed by atoms with Gasteiger partial charge in [0.1, 0.15) is 10.5 Å². The zero-order valence-electron chi connectivity index (χ0n) is 14.7. The first-order valence-corrected chi connectivity index (χ1v) is 9.06. The second-order valence-corrected chi connectivity index (χ2v) is 6.78. The van der Waals surface area contributed by atoms with Crippen LogP contribution in [0, 0.1) is 0 Å². The number of aromatic nitrogens is 2. The zero-order valence-corrected chi connectivity index (χ0v) is 15.5. The Bertz CT molecular complexity index is 805. The number of piperazine rings is 1. The Balaban J connectivity index is 0.000000370. The Labute approximate surface area is 165 Å². The molecule has 1 aromatic heterocycles. The highest BCUT2D eigenvalue weighted by atomic mass is 32.1. The quantitative estimate of drug-likeness (QED) is 0.711. The third kappa shape index (κ3) is 6.94. The van der Waals surface area contributed by atoms with Gasteiger partial charge in [0.05, 0.1) is 5.56 Å². The molecule has 13 heteroatoms. The van der Waals surface area contributed by atoms with Gasteiger partial charge in [-0.1, -0.05) is 17.4 Å². The number of hydrogen-bond acceptors (Lipinski definition) is 6. The minimum atomic E-state index is -5.08. The normalized spacial score (nSPS) is 15.5. The largest absolute Gasteiger partial charge is 0.490 e. The molecule has 0 spiro atoms. The first-order chi connectivity index (χ1) is 13.5. The number of nitrogens with zero attached hydrogens (tertiary/aromatic N) is 3. The van der Waals surface area contributed by atoms with Crippen molar-refractivity contribution < 1.29 is 36.2 Å². The molecule has 6 nitrogen and oxygen atoms in total. The van der Waals surface area contributed by atoms with Crippen molar-refractivity contribution in [3.63, 3.8) is 0 Å². The SMILES string of the molecule is FC(F)(F)c1ccc(CN2CCNCC2)c(-c2nncs2)c1.O=C(O)C(F)(F)F. The van der Waals surface area contributed by atoms with E-state index in [4.69, 9.17) is 9.90 Å². The Morgan fingerprint density at radius 1 is 1.17 bits per heavy atom. The maximum absolute atomic E-state index is 12.9. The van der Waals surface area contributed by atoms with Gasteiger partial charge in [0.2, 0.25) is 0 Å². The van der Waals surface area contributed by atoms with E-state index in [0.29, 0.717) is 17.1 Å². The van der Waals surface area contributed by atoms with E-state index in [-0.39, 0.29) is 0 Å². The molecule has 0 amide bonds. The van der Waals surface area contributed by atoms with E-state index in [2.05, 4.69) is 20.4 Å². The predicted octanol–water partition coefficient (Wildman–Crippen LogP) is 3.26. The van der Waals surface area contributed by atoms with Gasteiger partial charge in [0.15, 0.2) is 0 Å². The molecule has 0 atom stereocenters. The number of benzene rings is 1. The summed E-state index contributed by atoms with van der Waals surface area (Å²) in [6.07, 6.45) is -9.44. The van der Waals surface area contributed by atoms with Gasteiger partial charge in [0, 0.05) is 38.3 Å². The summed E-state index contributed by atoms with van der Waals surface area (Å²) in [5.41, 5.74) is 2.26. The molecule has 3 rings (SSSR count). The molecule has 0 aliphatic carbocycles. The van der Waals surface area contributed by atoms with Crippen LogP contribution in [0.5, 0.6) is 0 Å². The van der Waals surface area contributed by atoms with E-state index in [9.17, 15) is 26.3 Å². The van der Waals surface area contributed by atoms with E-state index in [1.54, 1.807) is 6.07 Å². The molecule has 1 saturated heterocycles. The van der Waals surface area contributed by atoms with Crippen LogP contribution in [0.2, 0.25) is 0 Å². The molecule has 0 saturated carbocycles. The van der Waals surface area contributed by atoms with E-state index < -0.39 is 23.9 Å². The van der Waals surface area contributed by atoms with Crippen molar-refractivity contribution in [1.82, 2.24) is 20.4 Å². The maximum atomic E-state index is 12.9. The molecule has 0 bridgehead atoms. The summed E-state index contributed by atoms with van der Waals surface area (Å²) >= 11 is 1.25. The van der Waals surface area contributed by atoms with Gasteiger partial charge in [-0.25, -0.2) is 4.79 Å². The topological polar surface area (TPSA) is 78.3 Å². The average Bonchev–Trinajstić information content (AvgIpc) is 3.16. The summed E-state index contributed by atoms with van der Waals surface area (Å²) < 4.78 is 70.6. The number of carboxylic acid groups (broad SMARTS) is 1. The summed E-state index contributed by atoms with van der Waals surface area (Å²) in [5.74, 6) is -2.76. The first kappa shape index (κ1) is 23.0. The Morgan fingerprint density at radius 3 is 2.28 bits per heavy atom. The van der Waals surface area contributed by atoms with Crippen LogP contribution < -0.4 is 5.32 Å². The Hall–Kier alpha value is -2.25. The number of halogens is 6. The smallest absolute Gasteiger partial charge is 0.475 e. The van der Waals surface area contributed by atoms with Gasteiger partial charge >= 0.3 is 18.3 Å². The van der Waals surface area contributed by atoms with E-state index in [0.717, 1.165) is 37.8 Å². The summed E-state index contributed by atoms with van der Waals surface area (Å²) in [6.45, 7) is 4.19. The second-order valence-electron chi connectivity index (χ2n) is 5.94. The molecule has 0 radical (unpaired) electrons. The fraction of sp³-hybridized carbons (Fsp3) is 0.438. The highest BCUT2D eigenvalue weighted by molar-refractivity contribution is 7.12. The summed E-state index contributed by atoms with van der Waals surface area (Å²) in [7, 11) is 0. The lowest BCUT2D eigenvalue weighted by atomic mass is 10.0. The number of carboxylic acids is 1. The molecular weight excluding hydrogens is 426 g/mol. The van der Waals surface area contributed by atoms with Crippen LogP contribution >= 0.6 is 11.3 Å². The highest BCUT2D eigenvalue weighted by Crippen LogP contribution is 2.34. The molecule has 2 heterocycles. The van der Waals surface area contributed by atoms with Crippen molar-refractivity contribution in [3.8, 4) is 10.6 Å². The lowest BCUT2D eigenvalue weighted by Gasteiger charge is -2.28. The zero-order chi connectivity index (χ0) is 21.7. The summed E-state index contributed by atoms with van der Waals surface area (Å²) in [6, 6.07) is 3.88. The minimum absolute atomic E-state index is 0.524. The number of aliphatic carboxylic acids is 1. The Morgan fingerprint density at radius 2 is 1.79 bits per heavy atom. The van der Waals surface area contributed by atoms with Crippen molar-refractivity contribution in [2.45, 2.75) is 18.9 Å². The number of hydrogen-bond donors (Lipinski definition) is 2. The number of alkyl halides is 6. The van der Waals surface area contributed by atoms with Gasteiger partial charge in [-0.3, -0.25) is 4.90 Å². The number of nitrogens with one attached hydrogen (secondary N) is 1. The number of carbonyl (C=O) groups is 1. The number of rotatable bonds is 3. The van der Waals surface area contributed by atoms with Gasteiger partial charge in [-0.15, -0.1) is 10.2 Å². The first-order valence-electron chi connectivity index (χ1n) is 8.18. The van der Waals surface area contributed by atoms with Crippen molar-refractivity contribution in [2.75, 3.05) is 26.2 Å². The molecule has 160 valence electrons. The van der Waals surface area contributed by atoms with Gasteiger partial charge < -0.3 is 10.4 Å². The van der Waals surface area contributed by atoms with E-state index >= 15 is 0 Å². The van der Waals surface area contributed by atoms with Crippen LogP contribution in [0.25, 0.3) is 10.6 Å². The monoisotopic (exact) mass is 442 g/mol. The molecule has 2 aromatic rings. The van der Waals surface area contributed by atoms with Crippen LogP contribution in [0.3, 0.4) is 0 Å². The fourth-order valence-electron chi connectivity index (χ4n) is 2.49. The average molecular weight is 442 g/mol. The molecule has 2 N–H and O–H groups in total. The van der Waals surface area contributed by atoms with Crippen LogP contribution in [-0.4, -0.2) is 58.5 Å². The minimum Gasteiger partial charge on any atom is -0.475 e. The molecule has 1 aliphatic heterocycles. The summed E-state index contributed by atoms with van der Waals surface area (Å²) in [4.78, 5) is 11.1. The van der Waals surface area contributed by atoms with E-state index in [1.807, 2.05) is 0 Å². The van der Waals surface area contributed by atoms with Gasteiger partial charge in [-0.2, -0.15) is 26.3 Å². The molecule has 1 fully saturated rings. The predicted molar refractivity (Wildman–Crippen MR) is 92.2 cm³/mol. The lowest BCUT2D eigenvalue weighted by Crippen LogP contribution is -2.42. The molecule has 0 unspecified atom stereocenters. The van der Waals surface area contributed by atoms with Crippen LogP contribution in [0.1, 0.15) is 11.1 Å². The lowest BCUT2D eigenvalue weighted by molar-refractivity contribution is -0.192. The van der Waals surface area contributed by atoms with Crippen LogP contribution in [-0.2, 0) is 17.5 Å². The fourth-order valence-corrected chi connectivity index (χ4v) is 3.10. The molecule has 1 aromatic carbocycles. The van der Waals surface area contributed by atoms with Crippen LogP contribution in [0.15, 0.2) is 23.7 Å². The summed E-state index contributed by atoms with van der Waals surface area (Å²) in [5, 5.41) is 18.6. The molecule has 1 aliphatic rings. The highest BCUT2D eigenvalue weighted by Gasteiger charge is 2.38. The second kappa shape index (κ2) is 9.50. The maximum Gasteiger partial charge on any atom is 0.490 e. The molecular formula is C16H16F6N4O2S. The molecule has 29 heavy (non-hydrogen) atoms. The van der Waals surface area contributed by atoms with Gasteiger partial charge in [-0.05, 0) is 17.7 Å². The standard InChI is InChI=1S/C14H15F3N4S.C2HF3O2/c15-14(16,17)11-2-1-10(8-21-5-3-18-4-6-21)12(7-11)13-20-19-9-22-13;3-2(4,5)1(6)7/h1-2,7,9,18H,3-6,8H2;(H,6,7). The van der Waals surface area contributed by atoms with Crippen molar-refractivity contribution in [3.05, 3.63) is 34.8 Å². The van der Waals surface area contributed by atoms with Crippen molar-refractivity contribution in [2.24, 2.45) is 0 Å². The third-order valence-corrected chi connectivity index (χ3v) is 4.60. The van der Waals surface area contributed by atoms with Crippen molar-refractivity contribution >= 4 is 17.3 Å². The van der Waals surface area contributed by atoms with E-state index in [1.165, 1.54) is 22.9 Å². The van der Waals surface area contributed by atoms with Gasteiger partial charge in [0.25, 0.3) is 0 Å².